The summed E-state index contributed by atoms with van der Waals surface area (Å²) in [7, 11) is 0. The first-order valence-electron chi connectivity index (χ1n) is 5.69. The van der Waals surface area contributed by atoms with Crippen molar-refractivity contribution in [2.24, 2.45) is 11.7 Å². The largest absolute Gasteiger partial charge is 0.352 e. The minimum atomic E-state index is -0.505. The zero-order valence-corrected chi connectivity index (χ0v) is 10.5. The van der Waals surface area contributed by atoms with Crippen LogP contribution < -0.4 is 16.4 Å². The second kappa shape index (κ2) is 7.22. The van der Waals surface area contributed by atoms with Crippen molar-refractivity contribution in [1.82, 2.24) is 10.6 Å². The van der Waals surface area contributed by atoms with Crippen LogP contribution in [0.25, 0.3) is 0 Å². The third kappa shape index (κ3) is 5.70. The Labute approximate surface area is 97.2 Å². The SMILES string of the molecule is CC(C)NC(=O)C(C)NC(=O)C(C)CCN. The standard InChI is InChI=1S/C11H23N3O2/c1-7(2)13-11(16)9(4)14-10(15)8(3)5-6-12/h7-9H,5-6,12H2,1-4H3,(H,13,16)(H,14,15). The molecule has 0 radical (unpaired) electrons. The summed E-state index contributed by atoms with van der Waals surface area (Å²) in [5.74, 6) is -0.445. The van der Waals surface area contributed by atoms with Gasteiger partial charge in [0.05, 0.1) is 0 Å². The number of amides is 2. The molecule has 0 aromatic heterocycles. The van der Waals surface area contributed by atoms with Gasteiger partial charge in [0.25, 0.3) is 0 Å². The van der Waals surface area contributed by atoms with Gasteiger partial charge < -0.3 is 16.4 Å². The van der Waals surface area contributed by atoms with Crippen molar-refractivity contribution in [2.75, 3.05) is 6.54 Å². The summed E-state index contributed by atoms with van der Waals surface area (Å²) in [4.78, 5) is 23.1. The van der Waals surface area contributed by atoms with Crippen LogP contribution in [-0.4, -0.2) is 30.4 Å². The fraction of sp³-hybridized carbons (Fsp3) is 0.818. The maximum atomic E-state index is 11.6. The van der Waals surface area contributed by atoms with E-state index in [9.17, 15) is 9.59 Å². The molecule has 4 N–H and O–H groups in total. The maximum Gasteiger partial charge on any atom is 0.242 e. The van der Waals surface area contributed by atoms with Crippen molar-refractivity contribution in [1.29, 1.82) is 0 Å². The van der Waals surface area contributed by atoms with Crippen LogP contribution in [0.1, 0.15) is 34.1 Å². The third-order valence-electron chi connectivity index (χ3n) is 2.23. The molecule has 94 valence electrons. The van der Waals surface area contributed by atoms with Crippen LogP contribution in [0.4, 0.5) is 0 Å². The van der Waals surface area contributed by atoms with Gasteiger partial charge in [0.2, 0.25) is 11.8 Å². The number of hydrogen-bond donors (Lipinski definition) is 3. The molecular formula is C11H23N3O2. The van der Waals surface area contributed by atoms with E-state index in [-0.39, 0.29) is 23.8 Å². The van der Waals surface area contributed by atoms with Crippen molar-refractivity contribution in [3.05, 3.63) is 0 Å². The van der Waals surface area contributed by atoms with E-state index < -0.39 is 6.04 Å². The highest BCUT2D eigenvalue weighted by atomic mass is 16.2. The van der Waals surface area contributed by atoms with Gasteiger partial charge in [-0.2, -0.15) is 0 Å². The average Bonchev–Trinajstić information content (AvgIpc) is 2.16. The van der Waals surface area contributed by atoms with Crippen LogP contribution in [0, 0.1) is 5.92 Å². The Kier molecular flexibility index (Phi) is 6.72. The molecule has 16 heavy (non-hydrogen) atoms. The van der Waals surface area contributed by atoms with Crippen LogP contribution in [0.15, 0.2) is 0 Å². The van der Waals surface area contributed by atoms with Gasteiger partial charge in [0.15, 0.2) is 0 Å². The minimum absolute atomic E-state index is 0.0771. The summed E-state index contributed by atoms with van der Waals surface area (Å²) in [6, 6.07) is -0.427. The minimum Gasteiger partial charge on any atom is -0.352 e. The van der Waals surface area contributed by atoms with E-state index in [0.29, 0.717) is 13.0 Å². The van der Waals surface area contributed by atoms with Crippen molar-refractivity contribution in [3.8, 4) is 0 Å². The molecule has 0 aliphatic heterocycles. The van der Waals surface area contributed by atoms with Gasteiger partial charge in [0, 0.05) is 12.0 Å². The van der Waals surface area contributed by atoms with Gasteiger partial charge in [-0.05, 0) is 33.7 Å². The highest BCUT2D eigenvalue weighted by Gasteiger charge is 2.19. The van der Waals surface area contributed by atoms with E-state index in [1.54, 1.807) is 13.8 Å². The molecule has 0 aliphatic carbocycles. The fourth-order valence-corrected chi connectivity index (χ4v) is 1.21. The van der Waals surface area contributed by atoms with Crippen LogP contribution in [0.2, 0.25) is 0 Å². The summed E-state index contributed by atoms with van der Waals surface area (Å²) in [5, 5.41) is 5.40. The molecule has 5 heteroatoms. The Morgan fingerprint density at radius 3 is 2.06 bits per heavy atom. The van der Waals surface area contributed by atoms with Crippen LogP contribution in [0.3, 0.4) is 0 Å². The van der Waals surface area contributed by atoms with E-state index in [2.05, 4.69) is 10.6 Å². The summed E-state index contributed by atoms with van der Waals surface area (Å²) in [6.45, 7) is 7.70. The molecule has 0 fully saturated rings. The lowest BCUT2D eigenvalue weighted by Gasteiger charge is -2.18. The normalized spacial score (nSPS) is 14.4. The third-order valence-corrected chi connectivity index (χ3v) is 2.23. The van der Waals surface area contributed by atoms with Gasteiger partial charge >= 0.3 is 0 Å². The molecule has 0 heterocycles. The molecular weight excluding hydrogens is 206 g/mol. The molecule has 2 atom stereocenters. The number of nitrogens with one attached hydrogen (secondary N) is 2. The van der Waals surface area contributed by atoms with Gasteiger partial charge in [0.1, 0.15) is 6.04 Å². The van der Waals surface area contributed by atoms with Crippen LogP contribution in [0.5, 0.6) is 0 Å². The van der Waals surface area contributed by atoms with Crippen molar-refractivity contribution in [3.63, 3.8) is 0 Å². The van der Waals surface area contributed by atoms with Gasteiger partial charge in [-0.3, -0.25) is 9.59 Å². The molecule has 0 aromatic carbocycles. The molecule has 0 bridgehead atoms. The zero-order chi connectivity index (χ0) is 12.7. The Morgan fingerprint density at radius 2 is 1.62 bits per heavy atom. The zero-order valence-electron chi connectivity index (χ0n) is 10.5. The molecule has 2 amide bonds. The van der Waals surface area contributed by atoms with Crippen molar-refractivity contribution >= 4 is 11.8 Å². The molecule has 2 unspecified atom stereocenters. The predicted molar refractivity (Wildman–Crippen MR) is 63.7 cm³/mol. The second-order valence-corrected chi connectivity index (χ2v) is 4.37. The molecule has 5 nitrogen and oxygen atoms in total. The number of hydrogen-bond acceptors (Lipinski definition) is 3. The monoisotopic (exact) mass is 229 g/mol. The fourth-order valence-electron chi connectivity index (χ4n) is 1.21. The van der Waals surface area contributed by atoms with E-state index in [0.717, 1.165) is 0 Å². The van der Waals surface area contributed by atoms with Crippen LogP contribution in [-0.2, 0) is 9.59 Å². The smallest absolute Gasteiger partial charge is 0.242 e. The highest BCUT2D eigenvalue weighted by Crippen LogP contribution is 2.00. The predicted octanol–water partition coefficient (Wildman–Crippen LogP) is 0.000600. The van der Waals surface area contributed by atoms with E-state index in [4.69, 9.17) is 5.73 Å². The second-order valence-electron chi connectivity index (χ2n) is 4.37. The number of carbonyl (C=O) groups excluding carboxylic acids is 2. The summed E-state index contributed by atoms with van der Waals surface area (Å²) < 4.78 is 0. The molecule has 0 saturated heterocycles. The first-order chi connectivity index (χ1) is 7.38. The summed E-state index contributed by atoms with van der Waals surface area (Å²) >= 11 is 0. The number of carbonyl (C=O) groups is 2. The average molecular weight is 229 g/mol. The van der Waals surface area contributed by atoms with E-state index >= 15 is 0 Å². The quantitative estimate of drug-likeness (QED) is 0.599. The highest BCUT2D eigenvalue weighted by molar-refractivity contribution is 5.88. The lowest BCUT2D eigenvalue weighted by Crippen LogP contribution is -2.48. The Bertz CT molecular complexity index is 241. The Morgan fingerprint density at radius 1 is 1.06 bits per heavy atom. The molecule has 0 saturated carbocycles. The van der Waals surface area contributed by atoms with Crippen molar-refractivity contribution < 1.29 is 9.59 Å². The topological polar surface area (TPSA) is 84.2 Å². The first kappa shape index (κ1) is 14.9. The first-order valence-corrected chi connectivity index (χ1v) is 5.69. The molecule has 0 spiro atoms. The lowest BCUT2D eigenvalue weighted by molar-refractivity contribution is -0.130. The van der Waals surface area contributed by atoms with Gasteiger partial charge in [-0.1, -0.05) is 6.92 Å². The van der Waals surface area contributed by atoms with E-state index in [1.165, 1.54) is 0 Å². The van der Waals surface area contributed by atoms with Gasteiger partial charge in [-0.25, -0.2) is 0 Å². The molecule has 0 aliphatic rings. The Balaban J connectivity index is 4.08. The maximum absolute atomic E-state index is 11.6. The van der Waals surface area contributed by atoms with Crippen LogP contribution >= 0.6 is 0 Å². The van der Waals surface area contributed by atoms with Crippen molar-refractivity contribution in [2.45, 2.75) is 46.2 Å². The molecule has 0 rings (SSSR count). The van der Waals surface area contributed by atoms with E-state index in [1.807, 2.05) is 13.8 Å². The number of nitrogens with two attached hydrogens (primary N) is 1. The summed E-state index contributed by atoms with van der Waals surface area (Å²) in [5.41, 5.74) is 5.36. The van der Waals surface area contributed by atoms with Gasteiger partial charge in [-0.15, -0.1) is 0 Å². The molecule has 0 aromatic rings. The summed E-state index contributed by atoms with van der Waals surface area (Å²) in [6.07, 6.45) is 0.629. The number of rotatable bonds is 6. The Hall–Kier alpha value is -1.10. The lowest BCUT2D eigenvalue weighted by atomic mass is 10.1.